The van der Waals surface area contributed by atoms with Gasteiger partial charge in [-0.3, -0.25) is 9.78 Å². The maximum absolute atomic E-state index is 13.0. The summed E-state index contributed by atoms with van der Waals surface area (Å²) in [5, 5.41) is 0. The minimum Gasteiger partial charge on any atom is -0.332 e. The number of aromatic nitrogens is 3. The third kappa shape index (κ3) is 3.98. The smallest absolute Gasteiger partial charge is 0.223 e. The van der Waals surface area contributed by atoms with Crippen molar-refractivity contribution in [2.24, 2.45) is 0 Å². The highest BCUT2D eigenvalue weighted by Crippen LogP contribution is 2.32. The monoisotopic (exact) mass is 374 g/mol. The fraction of sp³-hybridized carbons (Fsp3) is 0.348. The second-order valence-electron chi connectivity index (χ2n) is 7.43. The maximum atomic E-state index is 13.0. The first-order valence-corrected chi connectivity index (χ1v) is 9.96. The average Bonchev–Trinajstić information content (AvgIpc) is 3.35. The number of likely N-dealkylation sites (tertiary alicyclic amines) is 1. The van der Waals surface area contributed by atoms with Crippen LogP contribution in [0.25, 0.3) is 0 Å². The number of benzene rings is 1. The Bertz CT molecular complexity index is 920. The van der Waals surface area contributed by atoms with Crippen molar-refractivity contribution in [3.05, 3.63) is 83.7 Å². The molecule has 144 valence electrons. The number of imidazole rings is 1. The lowest BCUT2D eigenvalue weighted by Gasteiger charge is -2.25. The summed E-state index contributed by atoms with van der Waals surface area (Å²) in [4.78, 5) is 23.8. The molecule has 1 saturated heterocycles. The van der Waals surface area contributed by atoms with Gasteiger partial charge in [0.25, 0.3) is 0 Å². The second kappa shape index (κ2) is 8.38. The van der Waals surface area contributed by atoms with Crippen LogP contribution < -0.4 is 0 Å². The number of carbonyl (C=O) groups excluding carboxylic acids is 1. The molecule has 4 rings (SSSR count). The standard InChI is InChI=1S/C23H26N4O/c1-18-16-25-23(27(18)17-20-11-13-24-14-12-20)21-8-5-15-26(21)22(28)10-9-19-6-3-2-4-7-19/h2-4,6-7,11-14,16,21H,5,8-10,15,17H2,1H3. The predicted molar refractivity (Wildman–Crippen MR) is 109 cm³/mol. The molecular formula is C23H26N4O. The maximum Gasteiger partial charge on any atom is 0.223 e. The number of aryl methyl sites for hydroxylation is 2. The Morgan fingerprint density at radius 1 is 1.11 bits per heavy atom. The second-order valence-corrected chi connectivity index (χ2v) is 7.43. The molecule has 1 aromatic carbocycles. The van der Waals surface area contributed by atoms with Crippen LogP contribution in [-0.4, -0.2) is 31.9 Å². The van der Waals surface area contributed by atoms with Crippen molar-refractivity contribution >= 4 is 5.91 Å². The van der Waals surface area contributed by atoms with Crippen LogP contribution in [0.1, 0.15) is 47.9 Å². The molecule has 1 aliphatic rings. The first-order valence-electron chi connectivity index (χ1n) is 9.96. The van der Waals surface area contributed by atoms with Gasteiger partial charge in [0.2, 0.25) is 5.91 Å². The highest BCUT2D eigenvalue weighted by molar-refractivity contribution is 5.77. The number of amides is 1. The zero-order valence-electron chi connectivity index (χ0n) is 16.3. The average molecular weight is 374 g/mol. The first kappa shape index (κ1) is 18.4. The molecule has 3 heterocycles. The van der Waals surface area contributed by atoms with E-state index in [-0.39, 0.29) is 11.9 Å². The number of pyridine rings is 1. The molecule has 0 bridgehead atoms. The number of nitrogens with zero attached hydrogens (tertiary/aromatic N) is 4. The van der Waals surface area contributed by atoms with E-state index >= 15 is 0 Å². The van der Waals surface area contributed by atoms with Crippen LogP contribution in [0.4, 0.5) is 0 Å². The third-order valence-electron chi connectivity index (χ3n) is 5.52. The van der Waals surface area contributed by atoms with Crippen LogP contribution in [0.15, 0.2) is 61.1 Å². The zero-order valence-corrected chi connectivity index (χ0v) is 16.3. The van der Waals surface area contributed by atoms with E-state index in [2.05, 4.69) is 28.6 Å². The molecule has 1 atom stereocenters. The highest BCUT2D eigenvalue weighted by atomic mass is 16.2. The summed E-state index contributed by atoms with van der Waals surface area (Å²) in [6, 6.07) is 14.3. The van der Waals surface area contributed by atoms with E-state index in [0.29, 0.717) is 6.42 Å². The summed E-state index contributed by atoms with van der Waals surface area (Å²) in [5.41, 5.74) is 3.52. The molecule has 0 radical (unpaired) electrons. The Balaban J connectivity index is 1.50. The van der Waals surface area contributed by atoms with E-state index in [9.17, 15) is 4.79 Å². The summed E-state index contributed by atoms with van der Waals surface area (Å²) in [6.07, 6.45) is 8.89. The van der Waals surface area contributed by atoms with Crippen molar-refractivity contribution in [3.8, 4) is 0 Å². The number of hydrogen-bond donors (Lipinski definition) is 0. The van der Waals surface area contributed by atoms with Gasteiger partial charge in [0.1, 0.15) is 5.82 Å². The van der Waals surface area contributed by atoms with E-state index in [0.717, 1.165) is 43.9 Å². The quantitative estimate of drug-likeness (QED) is 0.657. The molecule has 1 aliphatic heterocycles. The summed E-state index contributed by atoms with van der Waals surface area (Å²) in [6.45, 7) is 3.65. The van der Waals surface area contributed by atoms with Crippen LogP contribution in [0.3, 0.4) is 0 Å². The van der Waals surface area contributed by atoms with Crippen molar-refractivity contribution in [2.45, 2.75) is 45.2 Å². The topological polar surface area (TPSA) is 51.0 Å². The van der Waals surface area contributed by atoms with Crippen molar-refractivity contribution < 1.29 is 4.79 Å². The summed E-state index contributed by atoms with van der Waals surface area (Å²) >= 11 is 0. The lowest BCUT2D eigenvalue weighted by atomic mass is 10.1. The van der Waals surface area contributed by atoms with Gasteiger partial charge in [-0.2, -0.15) is 0 Å². The molecule has 1 fully saturated rings. The molecule has 5 nitrogen and oxygen atoms in total. The largest absolute Gasteiger partial charge is 0.332 e. The molecular weight excluding hydrogens is 348 g/mol. The van der Waals surface area contributed by atoms with Crippen LogP contribution in [-0.2, 0) is 17.8 Å². The minimum absolute atomic E-state index is 0.0683. The summed E-state index contributed by atoms with van der Waals surface area (Å²) in [5.74, 6) is 1.22. The molecule has 0 aliphatic carbocycles. The van der Waals surface area contributed by atoms with Gasteiger partial charge in [-0.25, -0.2) is 4.98 Å². The lowest BCUT2D eigenvalue weighted by Crippen LogP contribution is -2.32. The van der Waals surface area contributed by atoms with Gasteiger partial charge in [-0.05, 0) is 49.4 Å². The van der Waals surface area contributed by atoms with Gasteiger partial charge in [-0.1, -0.05) is 30.3 Å². The van der Waals surface area contributed by atoms with Crippen molar-refractivity contribution in [1.29, 1.82) is 0 Å². The van der Waals surface area contributed by atoms with E-state index < -0.39 is 0 Å². The molecule has 0 spiro atoms. The van der Waals surface area contributed by atoms with Crippen LogP contribution in [0.5, 0.6) is 0 Å². The van der Waals surface area contributed by atoms with Crippen molar-refractivity contribution in [1.82, 2.24) is 19.4 Å². The summed E-state index contributed by atoms with van der Waals surface area (Å²) in [7, 11) is 0. The SMILES string of the molecule is Cc1cnc(C2CCCN2C(=O)CCc2ccccc2)n1Cc1ccncc1. The molecule has 28 heavy (non-hydrogen) atoms. The molecule has 0 saturated carbocycles. The first-order chi connectivity index (χ1) is 13.7. The fourth-order valence-corrected chi connectivity index (χ4v) is 4.00. The Hall–Kier alpha value is -2.95. The Morgan fingerprint density at radius 3 is 2.68 bits per heavy atom. The molecule has 5 heteroatoms. The Morgan fingerprint density at radius 2 is 1.89 bits per heavy atom. The van der Waals surface area contributed by atoms with Crippen LogP contribution in [0.2, 0.25) is 0 Å². The number of rotatable bonds is 6. The van der Waals surface area contributed by atoms with Crippen LogP contribution in [0, 0.1) is 6.92 Å². The highest BCUT2D eigenvalue weighted by Gasteiger charge is 2.32. The molecule has 1 unspecified atom stereocenters. The van der Waals surface area contributed by atoms with Crippen molar-refractivity contribution in [2.75, 3.05) is 6.54 Å². The van der Waals surface area contributed by atoms with Gasteiger partial charge in [0, 0.05) is 43.8 Å². The van der Waals surface area contributed by atoms with Crippen molar-refractivity contribution in [3.63, 3.8) is 0 Å². The Labute approximate surface area is 166 Å². The number of carbonyl (C=O) groups is 1. The normalized spacial score (nSPS) is 16.5. The van der Waals surface area contributed by atoms with Crippen LogP contribution >= 0.6 is 0 Å². The van der Waals surface area contributed by atoms with E-state index in [4.69, 9.17) is 4.98 Å². The van der Waals surface area contributed by atoms with E-state index in [1.165, 1.54) is 11.1 Å². The molecule has 0 N–H and O–H groups in total. The van der Waals surface area contributed by atoms with Gasteiger partial charge in [-0.15, -0.1) is 0 Å². The van der Waals surface area contributed by atoms with E-state index in [1.54, 1.807) is 0 Å². The van der Waals surface area contributed by atoms with Gasteiger partial charge < -0.3 is 9.47 Å². The molecule has 3 aromatic rings. The minimum atomic E-state index is 0.0683. The lowest BCUT2D eigenvalue weighted by molar-refractivity contribution is -0.132. The summed E-state index contributed by atoms with van der Waals surface area (Å²) < 4.78 is 2.24. The third-order valence-corrected chi connectivity index (χ3v) is 5.52. The number of hydrogen-bond acceptors (Lipinski definition) is 3. The van der Waals surface area contributed by atoms with Gasteiger partial charge in [0.15, 0.2) is 0 Å². The fourth-order valence-electron chi connectivity index (χ4n) is 4.00. The molecule has 1 amide bonds. The van der Waals surface area contributed by atoms with Gasteiger partial charge in [0.05, 0.1) is 6.04 Å². The zero-order chi connectivity index (χ0) is 19.3. The van der Waals surface area contributed by atoms with Gasteiger partial charge >= 0.3 is 0 Å². The predicted octanol–water partition coefficient (Wildman–Crippen LogP) is 3.93. The van der Waals surface area contributed by atoms with E-state index in [1.807, 2.05) is 53.8 Å². The molecule has 2 aromatic heterocycles. The Kier molecular flexibility index (Phi) is 5.51.